The van der Waals surface area contributed by atoms with Gasteiger partial charge in [0.25, 0.3) is 0 Å². The Kier molecular flexibility index (Phi) is 6.01. The highest BCUT2D eigenvalue weighted by molar-refractivity contribution is 6.30. The van der Waals surface area contributed by atoms with Gasteiger partial charge in [0.1, 0.15) is 5.82 Å². The molecule has 1 spiro atoms. The Morgan fingerprint density at radius 1 is 1.13 bits per heavy atom. The summed E-state index contributed by atoms with van der Waals surface area (Å²) in [7, 11) is 0. The van der Waals surface area contributed by atoms with Gasteiger partial charge in [-0.25, -0.2) is 4.39 Å². The Balaban J connectivity index is 1.27. The molecule has 1 aliphatic carbocycles. The number of rotatable bonds is 4. The summed E-state index contributed by atoms with van der Waals surface area (Å²) >= 11 is 5.83. The summed E-state index contributed by atoms with van der Waals surface area (Å²) in [5.41, 5.74) is 0.532. The molecule has 2 aromatic carbocycles. The van der Waals surface area contributed by atoms with E-state index in [1.54, 1.807) is 6.07 Å². The van der Waals surface area contributed by atoms with Crippen LogP contribution in [0.1, 0.15) is 36.8 Å². The van der Waals surface area contributed by atoms with Crippen molar-refractivity contribution in [2.24, 2.45) is 11.3 Å². The lowest BCUT2D eigenvalue weighted by Gasteiger charge is -2.53. The van der Waals surface area contributed by atoms with E-state index in [9.17, 15) is 22.4 Å². The van der Waals surface area contributed by atoms with Crippen molar-refractivity contribution in [1.82, 2.24) is 4.90 Å². The fourth-order valence-electron chi connectivity index (χ4n) is 4.80. The van der Waals surface area contributed by atoms with Crippen LogP contribution in [0.3, 0.4) is 0 Å². The minimum absolute atomic E-state index is 0.128. The molecule has 31 heavy (non-hydrogen) atoms. The molecule has 166 valence electrons. The zero-order chi connectivity index (χ0) is 22.2. The zero-order valence-corrected chi connectivity index (χ0v) is 17.6. The average molecular weight is 455 g/mol. The van der Waals surface area contributed by atoms with Crippen molar-refractivity contribution >= 4 is 23.2 Å². The van der Waals surface area contributed by atoms with Crippen molar-refractivity contribution in [2.45, 2.75) is 38.4 Å². The minimum atomic E-state index is -4.33. The molecule has 4 rings (SSSR count). The maximum atomic E-state index is 13.5. The zero-order valence-electron chi connectivity index (χ0n) is 16.8. The molecule has 8 heteroatoms. The molecule has 1 amide bonds. The van der Waals surface area contributed by atoms with Gasteiger partial charge in [-0.15, -0.1) is 0 Å². The number of halogens is 5. The van der Waals surface area contributed by atoms with E-state index >= 15 is 0 Å². The molecule has 2 aromatic rings. The molecule has 1 aliphatic heterocycles. The lowest BCUT2D eigenvalue weighted by Crippen LogP contribution is -2.57. The molecule has 0 radical (unpaired) electrons. The smallest absolute Gasteiger partial charge is 0.326 e. The molecule has 1 saturated heterocycles. The molecule has 0 aromatic heterocycles. The van der Waals surface area contributed by atoms with E-state index in [2.05, 4.69) is 10.2 Å². The van der Waals surface area contributed by atoms with E-state index in [4.69, 9.17) is 11.6 Å². The molecule has 3 nitrogen and oxygen atoms in total. The number of amides is 1. The van der Waals surface area contributed by atoms with Crippen molar-refractivity contribution < 1.29 is 22.4 Å². The summed E-state index contributed by atoms with van der Waals surface area (Å²) in [6.45, 7) is 2.16. The second-order valence-electron chi connectivity index (χ2n) is 8.76. The fourth-order valence-corrected chi connectivity index (χ4v) is 5.02. The molecule has 1 heterocycles. The Labute approximate surface area is 183 Å². The van der Waals surface area contributed by atoms with E-state index in [-0.39, 0.29) is 22.3 Å². The Bertz CT molecular complexity index is 942. The summed E-state index contributed by atoms with van der Waals surface area (Å²) in [5.74, 6) is -0.762. The first-order chi connectivity index (χ1) is 14.6. The Morgan fingerprint density at radius 3 is 2.48 bits per heavy atom. The maximum Gasteiger partial charge on any atom is 0.416 e. The molecule has 1 N–H and O–H groups in total. The third kappa shape index (κ3) is 5.21. The van der Waals surface area contributed by atoms with Crippen molar-refractivity contribution in [3.05, 3.63) is 64.4 Å². The van der Waals surface area contributed by atoms with Crippen molar-refractivity contribution in [3.63, 3.8) is 0 Å². The average Bonchev–Trinajstić information content (AvgIpc) is 2.66. The molecular weight excluding hydrogens is 432 g/mol. The second kappa shape index (κ2) is 8.43. The number of alkyl halides is 3. The molecule has 0 bridgehead atoms. The summed E-state index contributed by atoms with van der Waals surface area (Å²) in [5, 5.41) is 2.98. The van der Waals surface area contributed by atoms with E-state index in [0.717, 1.165) is 44.8 Å². The Hall–Kier alpha value is -2.12. The van der Waals surface area contributed by atoms with Gasteiger partial charge in [-0.2, -0.15) is 13.2 Å². The van der Waals surface area contributed by atoms with Crippen molar-refractivity contribution in [2.75, 3.05) is 18.4 Å². The fraction of sp³-hybridized carbons (Fsp3) is 0.435. The number of nitrogens with zero attached hydrogens (tertiary/aromatic N) is 1. The molecule has 0 atom stereocenters. The number of hydrogen-bond acceptors (Lipinski definition) is 2. The predicted molar refractivity (Wildman–Crippen MR) is 111 cm³/mol. The largest absolute Gasteiger partial charge is 0.416 e. The standard InChI is InChI=1S/C23H23ClF4N2O/c24-18-9-19(25)11-20(10-18)29-21(31)16-4-6-22(7-5-16)13-30(14-22)12-15-2-1-3-17(8-15)23(26,27)28/h1-3,8-11,16H,4-7,12-14H2,(H,29,31). The van der Waals surface area contributed by atoms with Gasteiger partial charge < -0.3 is 5.32 Å². The summed E-state index contributed by atoms with van der Waals surface area (Å²) in [4.78, 5) is 14.7. The lowest BCUT2D eigenvalue weighted by atomic mass is 9.65. The first kappa shape index (κ1) is 22.1. The van der Waals surface area contributed by atoms with E-state index in [1.165, 1.54) is 30.3 Å². The first-order valence-electron chi connectivity index (χ1n) is 10.3. The van der Waals surface area contributed by atoms with Crippen LogP contribution in [0.25, 0.3) is 0 Å². The van der Waals surface area contributed by atoms with E-state index in [1.807, 2.05) is 0 Å². The van der Waals surface area contributed by atoms with Crippen LogP contribution < -0.4 is 5.32 Å². The van der Waals surface area contributed by atoms with Gasteiger partial charge in [-0.1, -0.05) is 29.8 Å². The number of carbonyl (C=O) groups is 1. The number of likely N-dealkylation sites (tertiary alicyclic amines) is 1. The lowest BCUT2D eigenvalue weighted by molar-refractivity contribution is -0.137. The van der Waals surface area contributed by atoms with Gasteiger partial charge in [-0.3, -0.25) is 9.69 Å². The Morgan fingerprint density at radius 2 is 1.84 bits per heavy atom. The normalized spacial score (nSPS) is 19.3. The van der Waals surface area contributed by atoms with Crippen LogP contribution >= 0.6 is 11.6 Å². The van der Waals surface area contributed by atoms with Gasteiger partial charge in [0.15, 0.2) is 0 Å². The number of anilines is 1. The third-order valence-electron chi connectivity index (χ3n) is 6.33. The maximum absolute atomic E-state index is 13.5. The summed E-state index contributed by atoms with van der Waals surface area (Å²) in [6.07, 6.45) is -1.05. The van der Waals surface area contributed by atoms with Gasteiger partial charge >= 0.3 is 6.18 Å². The topological polar surface area (TPSA) is 32.3 Å². The van der Waals surface area contributed by atoms with Crippen LogP contribution in [0.15, 0.2) is 42.5 Å². The highest BCUT2D eigenvalue weighted by Crippen LogP contribution is 2.46. The summed E-state index contributed by atoms with van der Waals surface area (Å²) in [6, 6.07) is 9.42. The molecule has 1 saturated carbocycles. The molecular formula is C23H23ClF4N2O. The van der Waals surface area contributed by atoms with Gasteiger partial charge in [-0.05, 0) is 60.9 Å². The van der Waals surface area contributed by atoms with Gasteiger partial charge in [0.2, 0.25) is 5.91 Å². The van der Waals surface area contributed by atoms with Gasteiger partial charge in [0.05, 0.1) is 5.56 Å². The number of nitrogens with one attached hydrogen (secondary N) is 1. The molecule has 0 unspecified atom stereocenters. The summed E-state index contributed by atoms with van der Waals surface area (Å²) < 4.78 is 52.1. The molecule has 2 fully saturated rings. The van der Waals surface area contributed by atoms with Gasteiger partial charge in [0, 0.05) is 36.3 Å². The van der Waals surface area contributed by atoms with Crippen LogP contribution in [0.4, 0.5) is 23.2 Å². The van der Waals surface area contributed by atoms with E-state index in [0.29, 0.717) is 17.8 Å². The second-order valence-corrected chi connectivity index (χ2v) is 9.20. The quantitative estimate of drug-likeness (QED) is 0.564. The van der Waals surface area contributed by atoms with Crippen molar-refractivity contribution in [1.29, 1.82) is 0 Å². The van der Waals surface area contributed by atoms with Crippen LogP contribution in [0, 0.1) is 17.2 Å². The SMILES string of the molecule is O=C(Nc1cc(F)cc(Cl)c1)C1CCC2(CC1)CN(Cc1cccc(C(F)(F)F)c1)C2. The highest BCUT2D eigenvalue weighted by atomic mass is 35.5. The van der Waals surface area contributed by atoms with Crippen molar-refractivity contribution in [3.8, 4) is 0 Å². The number of benzene rings is 2. The van der Waals surface area contributed by atoms with Crippen LogP contribution in [0.5, 0.6) is 0 Å². The third-order valence-corrected chi connectivity index (χ3v) is 6.54. The van der Waals surface area contributed by atoms with E-state index < -0.39 is 17.6 Å². The minimum Gasteiger partial charge on any atom is -0.326 e. The first-order valence-corrected chi connectivity index (χ1v) is 10.7. The van der Waals surface area contributed by atoms with Crippen LogP contribution in [-0.2, 0) is 17.5 Å². The van der Waals surface area contributed by atoms with Crippen LogP contribution in [0.2, 0.25) is 5.02 Å². The predicted octanol–water partition coefficient (Wildman–Crippen LogP) is 6.13. The monoisotopic (exact) mass is 454 g/mol. The van der Waals surface area contributed by atoms with Crippen LogP contribution in [-0.4, -0.2) is 23.9 Å². The molecule has 2 aliphatic rings. The highest BCUT2D eigenvalue weighted by Gasteiger charge is 2.45. The number of carbonyl (C=O) groups excluding carboxylic acids is 1. The number of hydrogen-bond donors (Lipinski definition) is 1.